The monoisotopic (exact) mass is 505 g/mol. The highest BCUT2D eigenvalue weighted by molar-refractivity contribution is 6.31. The summed E-state index contributed by atoms with van der Waals surface area (Å²) >= 11 is 6.29. The highest BCUT2D eigenvalue weighted by atomic mass is 35.5. The van der Waals surface area contributed by atoms with E-state index in [9.17, 15) is 19.1 Å². The Kier molecular flexibility index (Phi) is 6.36. The lowest BCUT2D eigenvalue weighted by molar-refractivity contribution is -0.0215. The van der Waals surface area contributed by atoms with E-state index in [4.69, 9.17) is 11.6 Å². The van der Waals surface area contributed by atoms with Gasteiger partial charge in [0.1, 0.15) is 5.82 Å². The molecule has 1 aliphatic rings. The van der Waals surface area contributed by atoms with Gasteiger partial charge in [0.25, 0.3) is 5.91 Å². The number of likely N-dealkylation sites (tertiary alicyclic amines) is 1. The maximum atomic E-state index is 13.6. The molecule has 1 N–H and O–H groups in total. The zero-order valence-corrected chi connectivity index (χ0v) is 20.5. The fourth-order valence-corrected chi connectivity index (χ4v) is 5.21. The molecule has 0 aliphatic carbocycles. The standard InChI is InChI=1S/C28H25ClFN3O3/c1-18-12-19(6-9-31-18)15-33-16-24(23-4-2-21(29)14-26(23)33)27(35)32-10-7-28(36,8-11-32)25-5-3-22(30)13-20(25)17-34/h2-6,9,12-14,16-17,36H,7-8,10-11,15H2,1H3. The van der Waals surface area contributed by atoms with Gasteiger partial charge in [-0.15, -0.1) is 0 Å². The van der Waals surface area contributed by atoms with E-state index in [1.807, 2.05) is 42.0 Å². The van der Waals surface area contributed by atoms with Gasteiger partial charge < -0.3 is 14.6 Å². The highest BCUT2D eigenvalue weighted by Crippen LogP contribution is 2.36. The Hall–Kier alpha value is -3.55. The molecule has 1 saturated heterocycles. The van der Waals surface area contributed by atoms with E-state index >= 15 is 0 Å². The lowest BCUT2D eigenvalue weighted by Gasteiger charge is -2.39. The first-order valence-electron chi connectivity index (χ1n) is 11.7. The molecular formula is C28H25ClFN3O3. The third kappa shape index (κ3) is 4.52. The summed E-state index contributed by atoms with van der Waals surface area (Å²) in [5.74, 6) is -0.667. The summed E-state index contributed by atoms with van der Waals surface area (Å²) in [6.45, 7) is 3.10. The number of nitrogens with zero attached hydrogens (tertiary/aromatic N) is 3. The Bertz CT molecular complexity index is 1470. The molecule has 184 valence electrons. The lowest BCUT2D eigenvalue weighted by Crippen LogP contribution is -2.45. The topological polar surface area (TPSA) is 75.4 Å². The van der Waals surface area contributed by atoms with Gasteiger partial charge in [0.15, 0.2) is 6.29 Å². The molecule has 1 amide bonds. The summed E-state index contributed by atoms with van der Waals surface area (Å²) in [4.78, 5) is 31.0. The van der Waals surface area contributed by atoms with Crippen LogP contribution in [0.5, 0.6) is 0 Å². The van der Waals surface area contributed by atoms with Crippen molar-refractivity contribution >= 4 is 34.7 Å². The van der Waals surface area contributed by atoms with Crippen molar-refractivity contribution in [2.24, 2.45) is 0 Å². The zero-order chi connectivity index (χ0) is 25.4. The summed E-state index contributed by atoms with van der Waals surface area (Å²) < 4.78 is 15.6. The number of pyridine rings is 1. The first-order chi connectivity index (χ1) is 17.3. The van der Waals surface area contributed by atoms with Crippen molar-refractivity contribution in [2.45, 2.75) is 31.9 Å². The number of aldehydes is 1. The van der Waals surface area contributed by atoms with Crippen molar-refractivity contribution < 1.29 is 19.1 Å². The minimum atomic E-state index is -1.30. The van der Waals surface area contributed by atoms with Crippen LogP contribution in [-0.4, -0.2) is 44.8 Å². The normalized spacial score (nSPS) is 15.3. The van der Waals surface area contributed by atoms with E-state index in [1.165, 1.54) is 12.1 Å². The number of aliphatic hydroxyl groups is 1. The molecule has 2 aromatic carbocycles. The Balaban J connectivity index is 1.41. The molecule has 1 fully saturated rings. The number of fused-ring (bicyclic) bond motifs is 1. The largest absolute Gasteiger partial charge is 0.385 e. The number of aromatic nitrogens is 2. The lowest BCUT2D eigenvalue weighted by atomic mass is 9.82. The van der Waals surface area contributed by atoms with Crippen molar-refractivity contribution in [3.8, 4) is 0 Å². The van der Waals surface area contributed by atoms with Crippen LogP contribution in [0.15, 0.2) is 60.9 Å². The molecule has 6 nitrogen and oxygen atoms in total. The number of piperidine rings is 1. The molecule has 0 saturated carbocycles. The molecule has 1 aliphatic heterocycles. The number of hydrogen-bond donors (Lipinski definition) is 1. The van der Waals surface area contributed by atoms with E-state index in [-0.39, 0.29) is 24.3 Å². The van der Waals surface area contributed by atoms with Gasteiger partial charge in [-0.3, -0.25) is 14.6 Å². The Morgan fingerprint density at radius 3 is 2.67 bits per heavy atom. The van der Waals surface area contributed by atoms with Crippen molar-refractivity contribution in [1.82, 2.24) is 14.5 Å². The van der Waals surface area contributed by atoms with Gasteiger partial charge in [0.05, 0.1) is 16.7 Å². The predicted molar refractivity (Wildman–Crippen MR) is 136 cm³/mol. The molecule has 2 aromatic heterocycles. The Morgan fingerprint density at radius 2 is 1.94 bits per heavy atom. The first-order valence-corrected chi connectivity index (χ1v) is 12.1. The number of benzene rings is 2. The summed E-state index contributed by atoms with van der Waals surface area (Å²) in [5, 5.41) is 12.7. The minimum Gasteiger partial charge on any atom is -0.385 e. The number of carbonyl (C=O) groups is 2. The maximum absolute atomic E-state index is 13.6. The molecule has 0 radical (unpaired) electrons. The molecule has 8 heteroatoms. The first kappa shape index (κ1) is 24.2. The van der Waals surface area contributed by atoms with Gasteiger partial charge in [-0.2, -0.15) is 0 Å². The summed E-state index contributed by atoms with van der Waals surface area (Å²) in [6, 6.07) is 13.2. The fourth-order valence-electron chi connectivity index (χ4n) is 5.04. The number of hydrogen-bond acceptors (Lipinski definition) is 4. The number of aryl methyl sites for hydroxylation is 1. The summed E-state index contributed by atoms with van der Waals surface area (Å²) in [5.41, 5.74) is 2.61. The summed E-state index contributed by atoms with van der Waals surface area (Å²) in [7, 11) is 0. The van der Waals surface area contributed by atoms with Crippen LogP contribution in [-0.2, 0) is 12.1 Å². The second-order valence-corrected chi connectivity index (χ2v) is 9.75. The fraction of sp³-hybridized carbons (Fsp3) is 0.250. The number of halogens is 2. The SMILES string of the molecule is Cc1cc(Cn2cc(C(=O)N3CCC(O)(c4ccc(F)cc4C=O)CC3)c3ccc(Cl)cc32)ccn1. The van der Waals surface area contributed by atoms with Crippen molar-refractivity contribution in [2.75, 3.05) is 13.1 Å². The van der Waals surface area contributed by atoms with Crippen LogP contribution in [0, 0.1) is 12.7 Å². The molecule has 3 heterocycles. The molecule has 0 spiro atoms. The van der Waals surface area contributed by atoms with Crippen LogP contribution in [0.1, 0.15) is 50.4 Å². The average Bonchev–Trinajstić information content (AvgIpc) is 3.21. The molecule has 0 bridgehead atoms. The van der Waals surface area contributed by atoms with Gasteiger partial charge >= 0.3 is 0 Å². The van der Waals surface area contributed by atoms with Crippen molar-refractivity contribution in [3.05, 3.63) is 99.7 Å². The molecular weight excluding hydrogens is 481 g/mol. The van der Waals surface area contributed by atoms with E-state index in [0.717, 1.165) is 28.2 Å². The van der Waals surface area contributed by atoms with Gasteiger partial charge in [-0.05, 0) is 67.3 Å². The van der Waals surface area contributed by atoms with Crippen LogP contribution in [0.4, 0.5) is 4.39 Å². The van der Waals surface area contributed by atoms with E-state index in [2.05, 4.69) is 4.98 Å². The number of rotatable bonds is 5. The highest BCUT2D eigenvalue weighted by Gasteiger charge is 2.37. The molecule has 0 atom stereocenters. The van der Waals surface area contributed by atoms with E-state index in [0.29, 0.717) is 42.1 Å². The van der Waals surface area contributed by atoms with Crippen LogP contribution in [0.25, 0.3) is 10.9 Å². The Labute approximate surface area is 212 Å². The third-order valence-corrected chi connectivity index (χ3v) is 7.14. The van der Waals surface area contributed by atoms with Crippen LogP contribution >= 0.6 is 11.6 Å². The smallest absolute Gasteiger partial charge is 0.256 e. The van der Waals surface area contributed by atoms with E-state index < -0.39 is 11.4 Å². The van der Waals surface area contributed by atoms with Gasteiger partial charge in [-0.1, -0.05) is 23.7 Å². The molecule has 4 aromatic rings. The molecule has 5 rings (SSSR count). The third-order valence-electron chi connectivity index (χ3n) is 6.91. The Morgan fingerprint density at radius 1 is 1.17 bits per heavy atom. The quantitative estimate of drug-likeness (QED) is 0.382. The van der Waals surface area contributed by atoms with Crippen LogP contribution in [0.2, 0.25) is 5.02 Å². The van der Waals surface area contributed by atoms with Crippen molar-refractivity contribution in [1.29, 1.82) is 0 Å². The minimum absolute atomic E-state index is 0.128. The van der Waals surface area contributed by atoms with Crippen LogP contribution in [0.3, 0.4) is 0 Å². The second-order valence-electron chi connectivity index (χ2n) is 9.31. The van der Waals surface area contributed by atoms with Gasteiger partial charge in [0, 0.05) is 53.7 Å². The number of carbonyl (C=O) groups excluding carboxylic acids is 2. The zero-order valence-electron chi connectivity index (χ0n) is 19.7. The van der Waals surface area contributed by atoms with Crippen LogP contribution < -0.4 is 0 Å². The summed E-state index contributed by atoms with van der Waals surface area (Å²) in [6.07, 6.45) is 4.65. The second kappa shape index (κ2) is 9.48. The molecule has 0 unspecified atom stereocenters. The van der Waals surface area contributed by atoms with Gasteiger partial charge in [-0.25, -0.2) is 4.39 Å². The number of amides is 1. The predicted octanol–water partition coefficient (Wildman–Crippen LogP) is 5.12. The average molecular weight is 506 g/mol. The van der Waals surface area contributed by atoms with Crippen molar-refractivity contribution in [3.63, 3.8) is 0 Å². The van der Waals surface area contributed by atoms with E-state index in [1.54, 1.807) is 17.2 Å². The maximum Gasteiger partial charge on any atom is 0.256 e. The molecule has 36 heavy (non-hydrogen) atoms. The van der Waals surface area contributed by atoms with Gasteiger partial charge in [0.2, 0.25) is 0 Å².